The van der Waals surface area contributed by atoms with Crippen molar-refractivity contribution >= 4 is 17.5 Å². The van der Waals surface area contributed by atoms with Crippen LogP contribution in [0, 0.1) is 5.82 Å². The van der Waals surface area contributed by atoms with Crippen LogP contribution in [-0.2, 0) is 12.0 Å². The van der Waals surface area contributed by atoms with Crippen LogP contribution in [0.5, 0.6) is 11.5 Å². The first-order valence-corrected chi connectivity index (χ1v) is 10.0. The smallest absolute Gasteiger partial charge is 0.249 e. The standard InChI is InChI=1S/C24H21ClFNO3/c1-3-24(14-7-5-4-6-8-14)13-16-18(30-24)12-10-17(25)20(16)21-15(23(27)28)9-11-19(29-2)22(21)26/h4-12H,3,13H2,1-2H3,(H2,27,28)/t24-/m0/s1. The van der Waals surface area contributed by atoms with Crippen LogP contribution in [0.4, 0.5) is 4.39 Å². The Bertz CT molecular complexity index is 1130. The van der Waals surface area contributed by atoms with Crippen LogP contribution in [0.2, 0.25) is 5.02 Å². The number of methoxy groups -OCH3 is 1. The highest BCUT2D eigenvalue weighted by atomic mass is 35.5. The number of fused-ring (bicyclic) bond motifs is 1. The van der Waals surface area contributed by atoms with Gasteiger partial charge in [0.2, 0.25) is 5.91 Å². The summed E-state index contributed by atoms with van der Waals surface area (Å²) in [5.74, 6) is -0.813. The molecular formula is C24H21ClFNO3. The Kier molecular flexibility index (Phi) is 5.16. The van der Waals surface area contributed by atoms with E-state index in [1.54, 1.807) is 12.1 Å². The number of carbonyl (C=O) groups excluding carboxylic acids is 1. The second-order valence-electron chi connectivity index (χ2n) is 7.26. The van der Waals surface area contributed by atoms with E-state index in [1.807, 2.05) is 37.3 Å². The molecule has 0 fully saturated rings. The van der Waals surface area contributed by atoms with Crippen LogP contribution in [0.3, 0.4) is 0 Å². The Morgan fingerprint density at radius 1 is 1.17 bits per heavy atom. The molecule has 0 saturated heterocycles. The van der Waals surface area contributed by atoms with E-state index in [9.17, 15) is 4.79 Å². The Morgan fingerprint density at radius 3 is 2.53 bits per heavy atom. The third-order valence-electron chi connectivity index (χ3n) is 5.70. The number of nitrogens with two attached hydrogens (primary N) is 1. The fourth-order valence-electron chi connectivity index (χ4n) is 4.14. The van der Waals surface area contributed by atoms with Gasteiger partial charge in [-0.3, -0.25) is 4.79 Å². The van der Waals surface area contributed by atoms with Crippen LogP contribution in [0.25, 0.3) is 11.1 Å². The largest absolute Gasteiger partial charge is 0.494 e. The molecule has 0 radical (unpaired) electrons. The molecule has 1 heterocycles. The molecule has 4 nitrogen and oxygen atoms in total. The highest BCUT2D eigenvalue weighted by molar-refractivity contribution is 6.34. The van der Waals surface area contributed by atoms with E-state index < -0.39 is 17.3 Å². The number of hydrogen-bond acceptors (Lipinski definition) is 3. The van der Waals surface area contributed by atoms with Gasteiger partial charge in [0.15, 0.2) is 11.6 Å². The number of halogens is 2. The van der Waals surface area contributed by atoms with E-state index in [1.165, 1.54) is 19.2 Å². The lowest BCUT2D eigenvalue weighted by Crippen LogP contribution is -2.30. The molecule has 0 aromatic heterocycles. The van der Waals surface area contributed by atoms with E-state index in [2.05, 4.69) is 0 Å². The van der Waals surface area contributed by atoms with Gasteiger partial charge in [0, 0.05) is 28.1 Å². The Labute approximate surface area is 179 Å². The second kappa shape index (κ2) is 7.65. The van der Waals surface area contributed by atoms with Crippen molar-refractivity contribution in [1.82, 2.24) is 0 Å². The maximum absolute atomic E-state index is 15.4. The fraction of sp³-hybridized carbons (Fsp3) is 0.208. The number of hydrogen-bond donors (Lipinski definition) is 1. The molecule has 6 heteroatoms. The average molecular weight is 426 g/mol. The molecule has 0 spiro atoms. The summed E-state index contributed by atoms with van der Waals surface area (Å²) in [6, 6.07) is 16.2. The zero-order valence-corrected chi connectivity index (χ0v) is 17.4. The van der Waals surface area contributed by atoms with E-state index in [-0.39, 0.29) is 16.9 Å². The molecule has 30 heavy (non-hydrogen) atoms. The van der Waals surface area contributed by atoms with Crippen molar-refractivity contribution in [2.24, 2.45) is 5.73 Å². The van der Waals surface area contributed by atoms with Crippen LogP contribution in [0.15, 0.2) is 54.6 Å². The molecule has 4 rings (SSSR count). The molecule has 3 aromatic carbocycles. The molecule has 2 N–H and O–H groups in total. The summed E-state index contributed by atoms with van der Waals surface area (Å²) in [7, 11) is 1.36. The number of rotatable bonds is 5. The quantitative estimate of drug-likeness (QED) is 0.587. The Hall–Kier alpha value is -3.05. The summed E-state index contributed by atoms with van der Waals surface area (Å²) in [5, 5.41) is 0.312. The van der Waals surface area contributed by atoms with Gasteiger partial charge in [-0.25, -0.2) is 4.39 Å². The van der Waals surface area contributed by atoms with E-state index in [0.717, 1.165) is 11.1 Å². The minimum Gasteiger partial charge on any atom is -0.494 e. The molecule has 0 unspecified atom stereocenters. The van der Waals surface area contributed by atoms with Gasteiger partial charge in [-0.15, -0.1) is 0 Å². The van der Waals surface area contributed by atoms with E-state index in [0.29, 0.717) is 29.2 Å². The van der Waals surface area contributed by atoms with Crippen LogP contribution in [-0.4, -0.2) is 13.0 Å². The first kappa shape index (κ1) is 20.2. The number of amides is 1. The van der Waals surface area contributed by atoms with Gasteiger partial charge in [-0.05, 0) is 36.2 Å². The second-order valence-corrected chi connectivity index (χ2v) is 7.67. The Balaban J connectivity index is 1.96. The van der Waals surface area contributed by atoms with Gasteiger partial charge in [-0.1, -0.05) is 48.9 Å². The molecular weight excluding hydrogens is 405 g/mol. The summed E-state index contributed by atoms with van der Waals surface area (Å²) in [4.78, 5) is 12.1. The van der Waals surface area contributed by atoms with Gasteiger partial charge in [0.25, 0.3) is 0 Å². The molecule has 1 atom stereocenters. The van der Waals surface area contributed by atoms with Gasteiger partial charge in [0.05, 0.1) is 12.7 Å². The maximum atomic E-state index is 15.4. The van der Waals surface area contributed by atoms with Gasteiger partial charge >= 0.3 is 0 Å². The summed E-state index contributed by atoms with van der Waals surface area (Å²) in [6.07, 6.45) is 1.18. The molecule has 1 amide bonds. The lowest BCUT2D eigenvalue weighted by atomic mass is 9.84. The monoisotopic (exact) mass is 425 g/mol. The molecule has 3 aromatic rings. The molecule has 1 aliphatic rings. The zero-order valence-electron chi connectivity index (χ0n) is 16.7. The van der Waals surface area contributed by atoms with Crippen LogP contribution < -0.4 is 15.2 Å². The first-order valence-electron chi connectivity index (χ1n) is 9.64. The molecule has 0 aliphatic carbocycles. The van der Waals surface area contributed by atoms with Crippen molar-refractivity contribution in [2.45, 2.75) is 25.4 Å². The fourth-order valence-corrected chi connectivity index (χ4v) is 4.41. The highest BCUT2D eigenvalue weighted by Gasteiger charge is 2.42. The number of carbonyl (C=O) groups is 1. The normalized spacial score (nSPS) is 17.3. The van der Waals surface area contributed by atoms with Crippen LogP contribution in [0.1, 0.15) is 34.8 Å². The predicted molar refractivity (Wildman–Crippen MR) is 115 cm³/mol. The van der Waals surface area contributed by atoms with Crippen LogP contribution >= 0.6 is 11.6 Å². The molecule has 154 valence electrons. The van der Waals surface area contributed by atoms with Crippen molar-refractivity contribution in [1.29, 1.82) is 0 Å². The summed E-state index contributed by atoms with van der Waals surface area (Å²) in [5.41, 5.74) is 7.19. The molecule has 1 aliphatic heterocycles. The van der Waals surface area contributed by atoms with Crippen molar-refractivity contribution in [3.8, 4) is 22.6 Å². The predicted octanol–water partition coefficient (Wildman–Crippen LogP) is 5.49. The maximum Gasteiger partial charge on any atom is 0.249 e. The van der Waals surface area contributed by atoms with Crippen molar-refractivity contribution in [2.75, 3.05) is 7.11 Å². The third kappa shape index (κ3) is 3.10. The summed E-state index contributed by atoms with van der Waals surface area (Å²) < 4.78 is 26.9. The summed E-state index contributed by atoms with van der Waals surface area (Å²) >= 11 is 6.55. The lowest BCUT2D eigenvalue weighted by Gasteiger charge is -2.28. The minimum absolute atomic E-state index is 0.00685. The van der Waals surface area contributed by atoms with Crippen molar-refractivity contribution < 1.29 is 18.7 Å². The third-order valence-corrected chi connectivity index (χ3v) is 6.01. The minimum atomic E-state index is -0.746. The highest BCUT2D eigenvalue weighted by Crippen LogP contribution is 2.50. The van der Waals surface area contributed by atoms with E-state index >= 15 is 4.39 Å². The number of benzene rings is 3. The van der Waals surface area contributed by atoms with Gasteiger partial charge < -0.3 is 15.2 Å². The van der Waals surface area contributed by atoms with Gasteiger partial charge in [-0.2, -0.15) is 0 Å². The van der Waals surface area contributed by atoms with Gasteiger partial charge in [0.1, 0.15) is 11.4 Å². The zero-order chi connectivity index (χ0) is 21.5. The summed E-state index contributed by atoms with van der Waals surface area (Å²) in [6.45, 7) is 2.04. The molecule has 0 bridgehead atoms. The number of primary amides is 1. The van der Waals surface area contributed by atoms with Crippen molar-refractivity contribution in [3.63, 3.8) is 0 Å². The molecule has 0 saturated carbocycles. The average Bonchev–Trinajstić information content (AvgIpc) is 3.15. The van der Waals surface area contributed by atoms with E-state index in [4.69, 9.17) is 26.8 Å². The SMILES string of the molecule is CC[C@@]1(c2ccccc2)Cc2c(ccc(Cl)c2-c2c(C(N)=O)ccc(OC)c2F)O1. The first-order chi connectivity index (χ1) is 14.4. The van der Waals surface area contributed by atoms with Crippen molar-refractivity contribution in [3.05, 3.63) is 82.1 Å². The Morgan fingerprint density at radius 2 is 1.90 bits per heavy atom. The number of ether oxygens (including phenoxy) is 2. The lowest BCUT2D eigenvalue weighted by molar-refractivity contribution is 0.0884. The topological polar surface area (TPSA) is 61.6 Å².